The summed E-state index contributed by atoms with van der Waals surface area (Å²) in [7, 11) is 0. The summed E-state index contributed by atoms with van der Waals surface area (Å²) < 4.78 is 13.8. The Hall–Kier alpha value is -0.970. The lowest BCUT2D eigenvalue weighted by Gasteiger charge is -1.96. The quantitative estimate of drug-likeness (QED) is 0.879. The number of aromatic nitrogens is 1. The first-order chi connectivity index (χ1) is 7.22. The number of hydrogen-bond donors (Lipinski definition) is 1. The molecule has 0 atom stereocenters. The van der Waals surface area contributed by atoms with Crippen LogP contribution in [0.1, 0.15) is 5.69 Å². The summed E-state index contributed by atoms with van der Waals surface area (Å²) in [5.74, 6) is -0.340. The van der Waals surface area contributed by atoms with Gasteiger partial charge in [-0.15, -0.1) is 11.3 Å². The lowest BCUT2D eigenvalue weighted by molar-refractivity contribution is 0.278. The Morgan fingerprint density at radius 2 is 2.13 bits per heavy atom. The van der Waals surface area contributed by atoms with Gasteiger partial charge >= 0.3 is 0 Å². The van der Waals surface area contributed by atoms with Crippen LogP contribution in [0, 0.1) is 5.82 Å². The molecule has 0 aliphatic heterocycles. The number of hydrogen-bond acceptors (Lipinski definition) is 3. The Morgan fingerprint density at radius 1 is 1.40 bits per heavy atom. The summed E-state index contributed by atoms with van der Waals surface area (Å²) >= 11 is 6.98. The zero-order chi connectivity index (χ0) is 10.8. The van der Waals surface area contributed by atoms with Crippen molar-refractivity contribution in [3.05, 3.63) is 40.1 Å². The molecule has 1 N–H and O–H groups in total. The zero-order valence-corrected chi connectivity index (χ0v) is 9.15. The third-order valence-corrected chi connectivity index (χ3v) is 3.27. The molecule has 0 aliphatic rings. The van der Waals surface area contributed by atoms with Crippen molar-refractivity contribution in [2.24, 2.45) is 0 Å². The monoisotopic (exact) mass is 243 g/mol. The summed E-state index contributed by atoms with van der Waals surface area (Å²) in [6.45, 7) is -0.232. The summed E-state index contributed by atoms with van der Waals surface area (Å²) in [6.07, 6.45) is 0. The highest BCUT2D eigenvalue weighted by atomic mass is 35.5. The van der Waals surface area contributed by atoms with Crippen molar-refractivity contribution in [1.82, 2.24) is 4.98 Å². The highest BCUT2D eigenvalue weighted by molar-refractivity contribution is 7.19. The third kappa shape index (κ3) is 2.02. The summed E-state index contributed by atoms with van der Waals surface area (Å²) in [4.78, 5) is 4.06. The van der Waals surface area contributed by atoms with Gasteiger partial charge in [-0.25, -0.2) is 9.37 Å². The molecule has 15 heavy (non-hydrogen) atoms. The second-order valence-corrected chi connectivity index (χ2v) is 4.48. The maximum absolute atomic E-state index is 13.4. The fourth-order valence-corrected chi connectivity index (χ4v) is 2.33. The van der Waals surface area contributed by atoms with Crippen LogP contribution in [-0.2, 0) is 6.61 Å². The Labute approximate surface area is 95.0 Å². The smallest absolute Gasteiger partial charge is 0.133 e. The fraction of sp³-hybridized carbons (Fsp3) is 0.100. The van der Waals surface area contributed by atoms with E-state index in [1.54, 1.807) is 18.2 Å². The number of rotatable bonds is 2. The van der Waals surface area contributed by atoms with E-state index in [-0.39, 0.29) is 12.4 Å². The molecule has 2 nitrogen and oxygen atoms in total. The van der Waals surface area contributed by atoms with Gasteiger partial charge in [0, 0.05) is 5.56 Å². The second-order valence-electron chi connectivity index (χ2n) is 2.88. The van der Waals surface area contributed by atoms with E-state index < -0.39 is 0 Å². The highest BCUT2D eigenvalue weighted by Gasteiger charge is 2.12. The number of nitrogens with zero attached hydrogens (tertiary/aromatic N) is 1. The van der Waals surface area contributed by atoms with Gasteiger partial charge in [-0.2, -0.15) is 0 Å². The van der Waals surface area contributed by atoms with Crippen molar-refractivity contribution in [2.75, 3.05) is 0 Å². The minimum Gasteiger partial charge on any atom is -0.390 e. The molecule has 1 heterocycles. The average Bonchev–Trinajstić information content (AvgIpc) is 2.60. The molecule has 0 saturated heterocycles. The standard InChI is InChI=1S/C10H7ClFNOS/c11-9-8(5-14)13-10(15-9)6-3-1-2-4-7(6)12/h1-4,14H,5H2. The topological polar surface area (TPSA) is 33.1 Å². The van der Waals surface area contributed by atoms with Crippen molar-refractivity contribution in [3.63, 3.8) is 0 Å². The molecule has 5 heteroatoms. The number of aliphatic hydroxyl groups excluding tert-OH is 1. The molecule has 0 radical (unpaired) electrons. The predicted molar refractivity (Wildman–Crippen MR) is 58.4 cm³/mol. The molecule has 1 aromatic carbocycles. The molecule has 2 rings (SSSR count). The van der Waals surface area contributed by atoms with Gasteiger partial charge in [-0.3, -0.25) is 0 Å². The highest BCUT2D eigenvalue weighted by Crippen LogP contribution is 2.32. The molecular weight excluding hydrogens is 237 g/mol. The van der Waals surface area contributed by atoms with E-state index in [9.17, 15) is 4.39 Å². The van der Waals surface area contributed by atoms with E-state index in [2.05, 4.69) is 4.98 Å². The van der Waals surface area contributed by atoms with Crippen LogP contribution >= 0.6 is 22.9 Å². The molecule has 0 saturated carbocycles. The molecule has 2 aromatic rings. The minimum absolute atomic E-state index is 0.232. The second kappa shape index (κ2) is 4.26. The zero-order valence-electron chi connectivity index (χ0n) is 7.58. The first kappa shape index (κ1) is 10.5. The average molecular weight is 244 g/mol. The van der Waals surface area contributed by atoms with Gasteiger partial charge in [-0.1, -0.05) is 23.7 Å². The van der Waals surface area contributed by atoms with Crippen molar-refractivity contribution >= 4 is 22.9 Å². The van der Waals surface area contributed by atoms with Gasteiger partial charge < -0.3 is 5.11 Å². The van der Waals surface area contributed by atoms with Crippen LogP contribution in [0.3, 0.4) is 0 Å². The van der Waals surface area contributed by atoms with E-state index in [4.69, 9.17) is 16.7 Å². The molecule has 0 amide bonds. The van der Waals surface area contributed by atoms with Gasteiger partial charge in [0.2, 0.25) is 0 Å². The van der Waals surface area contributed by atoms with Crippen molar-refractivity contribution in [3.8, 4) is 10.6 Å². The van der Waals surface area contributed by atoms with Gasteiger partial charge in [0.1, 0.15) is 15.2 Å². The molecule has 78 valence electrons. The summed E-state index contributed by atoms with van der Waals surface area (Å²) in [5.41, 5.74) is 0.795. The lowest BCUT2D eigenvalue weighted by atomic mass is 10.2. The molecule has 0 bridgehead atoms. The van der Waals surface area contributed by atoms with E-state index in [1.807, 2.05) is 0 Å². The van der Waals surface area contributed by atoms with E-state index in [0.29, 0.717) is 20.6 Å². The van der Waals surface area contributed by atoms with E-state index in [1.165, 1.54) is 6.07 Å². The third-order valence-electron chi connectivity index (χ3n) is 1.90. The summed E-state index contributed by atoms with van der Waals surface area (Å²) in [5, 5.41) is 9.40. The largest absolute Gasteiger partial charge is 0.390 e. The van der Waals surface area contributed by atoms with Crippen LogP contribution < -0.4 is 0 Å². The van der Waals surface area contributed by atoms with E-state index >= 15 is 0 Å². The Balaban J connectivity index is 2.50. The van der Waals surface area contributed by atoms with Gasteiger partial charge in [-0.05, 0) is 12.1 Å². The van der Waals surface area contributed by atoms with Gasteiger partial charge in [0.15, 0.2) is 0 Å². The molecule has 0 fully saturated rings. The van der Waals surface area contributed by atoms with Crippen LogP contribution in [-0.4, -0.2) is 10.1 Å². The first-order valence-corrected chi connectivity index (χ1v) is 5.43. The molecular formula is C10H7ClFNOS. The molecule has 0 aliphatic carbocycles. The number of halogens is 2. The van der Waals surface area contributed by atoms with Crippen LogP contribution in [0.4, 0.5) is 4.39 Å². The van der Waals surface area contributed by atoms with Crippen molar-refractivity contribution in [1.29, 1.82) is 0 Å². The molecule has 0 unspecified atom stereocenters. The maximum Gasteiger partial charge on any atom is 0.133 e. The SMILES string of the molecule is OCc1nc(-c2ccccc2F)sc1Cl. The lowest BCUT2D eigenvalue weighted by Crippen LogP contribution is -1.85. The van der Waals surface area contributed by atoms with Crippen LogP contribution in [0.5, 0.6) is 0 Å². The number of aliphatic hydroxyl groups is 1. The predicted octanol–water partition coefficient (Wildman–Crippen LogP) is 3.09. The van der Waals surface area contributed by atoms with Crippen molar-refractivity contribution in [2.45, 2.75) is 6.61 Å². The molecule has 0 spiro atoms. The van der Waals surface area contributed by atoms with Crippen LogP contribution in [0.25, 0.3) is 10.6 Å². The van der Waals surface area contributed by atoms with Crippen LogP contribution in [0.15, 0.2) is 24.3 Å². The Kier molecular flexibility index (Phi) is 3.00. The summed E-state index contributed by atoms with van der Waals surface area (Å²) in [6, 6.07) is 6.34. The van der Waals surface area contributed by atoms with Crippen LogP contribution in [0.2, 0.25) is 4.34 Å². The normalized spacial score (nSPS) is 10.6. The van der Waals surface area contributed by atoms with E-state index in [0.717, 1.165) is 11.3 Å². The number of benzene rings is 1. The fourth-order valence-electron chi connectivity index (χ4n) is 1.18. The minimum atomic E-state index is -0.340. The van der Waals surface area contributed by atoms with Gasteiger partial charge in [0.25, 0.3) is 0 Å². The number of thiazole rings is 1. The Morgan fingerprint density at radius 3 is 2.73 bits per heavy atom. The first-order valence-electron chi connectivity index (χ1n) is 4.23. The Bertz CT molecular complexity index is 486. The van der Waals surface area contributed by atoms with Gasteiger partial charge in [0.05, 0.1) is 12.3 Å². The maximum atomic E-state index is 13.4. The van der Waals surface area contributed by atoms with Crippen molar-refractivity contribution < 1.29 is 9.50 Å². The molecule has 1 aromatic heterocycles.